The maximum atomic E-state index is 9.14. The van der Waals surface area contributed by atoms with E-state index >= 15 is 0 Å². The summed E-state index contributed by atoms with van der Waals surface area (Å²) in [5.41, 5.74) is 2.17. The van der Waals surface area contributed by atoms with Crippen LogP contribution in [0.15, 0.2) is 30.5 Å². The summed E-state index contributed by atoms with van der Waals surface area (Å²) in [6.45, 7) is 0. The second kappa shape index (κ2) is 3.76. The van der Waals surface area contributed by atoms with Crippen LogP contribution in [0.3, 0.4) is 0 Å². The molecule has 2 aromatic rings. The molecule has 0 aliphatic heterocycles. The minimum Gasteiger partial charge on any atom is -0.361 e. The van der Waals surface area contributed by atoms with E-state index < -0.39 is 0 Å². The largest absolute Gasteiger partial charge is 0.361 e. The molecule has 0 amide bonds. The van der Waals surface area contributed by atoms with Crippen molar-refractivity contribution in [2.75, 3.05) is 14.1 Å². The molecule has 0 radical (unpaired) electrons. The normalized spacial score (nSPS) is 12.9. The summed E-state index contributed by atoms with van der Waals surface area (Å²) in [5.74, 6) is 0. The molecule has 0 spiro atoms. The smallest absolute Gasteiger partial charge is 0.202 e. The number of aromatic amines is 1. The van der Waals surface area contributed by atoms with Gasteiger partial charge in [0.1, 0.15) is 6.07 Å². The van der Waals surface area contributed by atoms with Crippen molar-refractivity contribution in [3.8, 4) is 6.07 Å². The SMILES string of the molecule is C[NH+](C)[C@H](C#N)c1c[nH]c2ccccc12. The van der Waals surface area contributed by atoms with Gasteiger partial charge in [0, 0.05) is 22.7 Å². The number of rotatable bonds is 2. The van der Waals surface area contributed by atoms with Crippen molar-refractivity contribution in [1.29, 1.82) is 5.26 Å². The van der Waals surface area contributed by atoms with E-state index in [1.165, 1.54) is 0 Å². The predicted octanol–water partition coefficient (Wildman–Crippen LogP) is 0.877. The molecule has 2 rings (SSSR count). The monoisotopic (exact) mass is 200 g/mol. The highest BCUT2D eigenvalue weighted by molar-refractivity contribution is 5.83. The van der Waals surface area contributed by atoms with Gasteiger partial charge in [0.15, 0.2) is 0 Å². The average molecular weight is 200 g/mol. The maximum Gasteiger partial charge on any atom is 0.202 e. The Morgan fingerprint density at radius 2 is 2.07 bits per heavy atom. The van der Waals surface area contributed by atoms with Crippen LogP contribution in [0.5, 0.6) is 0 Å². The second-order valence-electron chi connectivity index (χ2n) is 3.93. The lowest BCUT2D eigenvalue weighted by Gasteiger charge is -2.13. The number of aromatic nitrogens is 1. The molecule has 0 saturated carbocycles. The number of nitrogens with zero attached hydrogens (tertiary/aromatic N) is 1. The van der Waals surface area contributed by atoms with Crippen LogP contribution < -0.4 is 4.90 Å². The Labute approximate surface area is 88.9 Å². The lowest BCUT2D eigenvalue weighted by molar-refractivity contribution is -0.882. The minimum atomic E-state index is -0.110. The summed E-state index contributed by atoms with van der Waals surface area (Å²) in [6.07, 6.45) is 1.94. The van der Waals surface area contributed by atoms with Crippen molar-refractivity contribution in [2.24, 2.45) is 0 Å². The zero-order chi connectivity index (χ0) is 10.8. The van der Waals surface area contributed by atoms with E-state index in [0.29, 0.717) is 0 Å². The summed E-state index contributed by atoms with van der Waals surface area (Å²) < 4.78 is 0. The first-order valence-electron chi connectivity index (χ1n) is 4.99. The van der Waals surface area contributed by atoms with E-state index in [-0.39, 0.29) is 6.04 Å². The van der Waals surface area contributed by atoms with Crippen LogP contribution in [0.25, 0.3) is 10.9 Å². The first-order valence-corrected chi connectivity index (χ1v) is 4.99. The van der Waals surface area contributed by atoms with Crippen molar-refractivity contribution in [1.82, 2.24) is 4.98 Å². The number of para-hydroxylation sites is 1. The molecule has 1 atom stereocenters. The molecule has 76 valence electrons. The molecule has 0 aliphatic rings. The van der Waals surface area contributed by atoms with E-state index in [9.17, 15) is 0 Å². The number of hydrogen-bond donors (Lipinski definition) is 2. The molecule has 0 unspecified atom stereocenters. The van der Waals surface area contributed by atoms with Crippen LogP contribution in [0.1, 0.15) is 11.6 Å². The summed E-state index contributed by atoms with van der Waals surface area (Å²) >= 11 is 0. The number of fused-ring (bicyclic) bond motifs is 1. The predicted molar refractivity (Wildman–Crippen MR) is 59.5 cm³/mol. The Bertz CT molecular complexity index is 505. The van der Waals surface area contributed by atoms with Crippen LogP contribution in [0.2, 0.25) is 0 Å². The highest BCUT2D eigenvalue weighted by atomic mass is 15.1. The molecular formula is C12H14N3+. The molecule has 1 aromatic carbocycles. The van der Waals surface area contributed by atoms with Gasteiger partial charge < -0.3 is 9.88 Å². The lowest BCUT2D eigenvalue weighted by atomic mass is 10.1. The number of hydrogen-bond acceptors (Lipinski definition) is 1. The molecule has 0 saturated heterocycles. The van der Waals surface area contributed by atoms with Crippen molar-refractivity contribution in [2.45, 2.75) is 6.04 Å². The number of nitriles is 1. The van der Waals surface area contributed by atoms with Gasteiger partial charge in [-0.25, -0.2) is 0 Å². The highest BCUT2D eigenvalue weighted by Gasteiger charge is 2.20. The number of quaternary nitrogens is 1. The third-order valence-electron chi connectivity index (χ3n) is 2.64. The van der Waals surface area contributed by atoms with E-state index in [1.54, 1.807) is 0 Å². The van der Waals surface area contributed by atoms with Gasteiger partial charge in [-0.05, 0) is 6.07 Å². The first kappa shape index (κ1) is 9.75. The molecule has 0 bridgehead atoms. The van der Waals surface area contributed by atoms with E-state index in [0.717, 1.165) is 21.4 Å². The van der Waals surface area contributed by atoms with E-state index in [1.807, 2.05) is 38.5 Å². The summed E-state index contributed by atoms with van der Waals surface area (Å²) in [7, 11) is 3.99. The number of benzene rings is 1. The molecule has 0 fully saturated rings. The van der Waals surface area contributed by atoms with E-state index in [4.69, 9.17) is 5.26 Å². The zero-order valence-corrected chi connectivity index (χ0v) is 8.91. The molecule has 1 aromatic heterocycles. The van der Waals surface area contributed by atoms with Crippen LogP contribution in [0.4, 0.5) is 0 Å². The molecule has 3 heteroatoms. The quantitative estimate of drug-likeness (QED) is 0.742. The fourth-order valence-electron chi connectivity index (χ4n) is 1.84. The van der Waals surface area contributed by atoms with Gasteiger partial charge in [-0.2, -0.15) is 5.26 Å². The molecule has 2 N–H and O–H groups in total. The fourth-order valence-corrected chi connectivity index (χ4v) is 1.84. The summed E-state index contributed by atoms with van der Waals surface area (Å²) in [5, 5.41) is 10.3. The standard InChI is InChI=1S/C12H13N3/c1-15(2)12(7-13)10-8-14-11-6-4-3-5-9(10)11/h3-6,8,12,14H,1-2H3/p+1/t12-/m1/s1. The maximum absolute atomic E-state index is 9.14. The Hall–Kier alpha value is -1.79. The Morgan fingerprint density at radius 1 is 1.33 bits per heavy atom. The van der Waals surface area contributed by atoms with Crippen molar-refractivity contribution < 1.29 is 4.90 Å². The Balaban J connectivity index is 2.57. The van der Waals surface area contributed by atoms with Gasteiger partial charge in [-0.15, -0.1) is 0 Å². The zero-order valence-electron chi connectivity index (χ0n) is 8.91. The van der Waals surface area contributed by atoms with Gasteiger partial charge in [0.2, 0.25) is 6.04 Å². The fraction of sp³-hybridized carbons (Fsp3) is 0.250. The van der Waals surface area contributed by atoms with Crippen molar-refractivity contribution >= 4 is 10.9 Å². The third-order valence-corrected chi connectivity index (χ3v) is 2.64. The molecular weight excluding hydrogens is 186 g/mol. The van der Waals surface area contributed by atoms with Crippen molar-refractivity contribution in [3.05, 3.63) is 36.0 Å². The molecule has 0 aliphatic carbocycles. The summed E-state index contributed by atoms with van der Waals surface area (Å²) in [6, 6.07) is 10.3. The topological polar surface area (TPSA) is 44.0 Å². The Kier molecular flexibility index (Phi) is 2.44. The summed E-state index contributed by atoms with van der Waals surface area (Å²) in [4.78, 5) is 4.32. The van der Waals surface area contributed by atoms with Gasteiger partial charge >= 0.3 is 0 Å². The highest BCUT2D eigenvalue weighted by Crippen LogP contribution is 2.21. The van der Waals surface area contributed by atoms with Gasteiger partial charge in [0.05, 0.1) is 14.1 Å². The lowest BCUT2D eigenvalue weighted by Crippen LogP contribution is -3.06. The average Bonchev–Trinajstić information content (AvgIpc) is 2.63. The van der Waals surface area contributed by atoms with Crippen LogP contribution in [0, 0.1) is 11.3 Å². The van der Waals surface area contributed by atoms with Crippen LogP contribution in [-0.4, -0.2) is 19.1 Å². The number of nitrogens with one attached hydrogen (secondary N) is 2. The van der Waals surface area contributed by atoms with Crippen molar-refractivity contribution in [3.63, 3.8) is 0 Å². The van der Waals surface area contributed by atoms with Crippen LogP contribution >= 0.6 is 0 Å². The van der Waals surface area contributed by atoms with E-state index in [2.05, 4.69) is 17.1 Å². The molecule has 3 nitrogen and oxygen atoms in total. The molecule has 15 heavy (non-hydrogen) atoms. The van der Waals surface area contributed by atoms with Gasteiger partial charge in [-0.1, -0.05) is 18.2 Å². The molecule has 1 heterocycles. The number of H-pyrrole nitrogens is 1. The minimum absolute atomic E-state index is 0.110. The Morgan fingerprint density at radius 3 is 2.73 bits per heavy atom. The first-order chi connectivity index (χ1) is 7.24. The second-order valence-corrected chi connectivity index (χ2v) is 3.93. The third kappa shape index (κ3) is 1.60. The van der Waals surface area contributed by atoms with Gasteiger partial charge in [-0.3, -0.25) is 0 Å². The van der Waals surface area contributed by atoms with Crippen LogP contribution in [-0.2, 0) is 0 Å². The van der Waals surface area contributed by atoms with Gasteiger partial charge in [0.25, 0.3) is 0 Å².